The molecule has 1 N–H and O–H groups in total. The van der Waals surface area contributed by atoms with Crippen molar-refractivity contribution in [2.45, 2.75) is 12.5 Å². The van der Waals surface area contributed by atoms with Crippen molar-refractivity contribution >= 4 is 10.8 Å². The topological polar surface area (TPSA) is 56.8 Å². The Morgan fingerprint density at radius 3 is 2.57 bits per heavy atom. The summed E-state index contributed by atoms with van der Waals surface area (Å²) in [5, 5.41) is 3.21. The third-order valence-electron chi connectivity index (χ3n) is 3.24. The lowest BCUT2D eigenvalue weighted by Gasteiger charge is -2.19. The normalized spacial score (nSPS) is 13.7. The summed E-state index contributed by atoms with van der Waals surface area (Å²) in [5.41, 5.74) is 0.987. The quantitative estimate of drug-likeness (QED) is 0.667. The minimum absolute atomic E-state index is 0.0192. The van der Waals surface area contributed by atoms with Gasteiger partial charge in [-0.1, -0.05) is 6.07 Å². The average Bonchev–Trinajstić information content (AvgIpc) is 2.52. The molecule has 1 aromatic rings. The van der Waals surface area contributed by atoms with E-state index in [1.807, 2.05) is 25.2 Å². The summed E-state index contributed by atoms with van der Waals surface area (Å²) in [6, 6.07) is 5.66. The third-order valence-corrected chi connectivity index (χ3v) is 4.69. The SMILES string of the molecule is CNC(CS(=O)CCCOC)c1ccc(OC)cc1OC. The van der Waals surface area contributed by atoms with Gasteiger partial charge >= 0.3 is 0 Å². The van der Waals surface area contributed by atoms with Gasteiger partial charge in [-0.05, 0) is 19.5 Å². The molecule has 0 aliphatic rings. The van der Waals surface area contributed by atoms with E-state index in [0.717, 1.165) is 23.5 Å². The van der Waals surface area contributed by atoms with Gasteiger partial charge in [-0.2, -0.15) is 0 Å². The molecule has 2 unspecified atom stereocenters. The van der Waals surface area contributed by atoms with Gasteiger partial charge in [0.2, 0.25) is 0 Å². The molecule has 0 radical (unpaired) electrons. The molecule has 21 heavy (non-hydrogen) atoms. The Hall–Kier alpha value is -1.11. The predicted molar refractivity (Wildman–Crippen MR) is 85.7 cm³/mol. The summed E-state index contributed by atoms with van der Waals surface area (Å²) in [5.74, 6) is 2.67. The van der Waals surface area contributed by atoms with E-state index in [9.17, 15) is 4.21 Å². The van der Waals surface area contributed by atoms with Crippen molar-refractivity contribution in [1.29, 1.82) is 0 Å². The van der Waals surface area contributed by atoms with Crippen LogP contribution in [0.1, 0.15) is 18.0 Å². The lowest BCUT2D eigenvalue weighted by Crippen LogP contribution is -2.24. The lowest BCUT2D eigenvalue weighted by molar-refractivity contribution is 0.200. The van der Waals surface area contributed by atoms with Crippen LogP contribution in [0.3, 0.4) is 0 Å². The zero-order valence-corrected chi connectivity index (χ0v) is 14.0. The Labute approximate surface area is 129 Å². The van der Waals surface area contributed by atoms with Crippen molar-refractivity contribution in [3.63, 3.8) is 0 Å². The molecule has 0 aliphatic heterocycles. The van der Waals surface area contributed by atoms with Crippen LogP contribution >= 0.6 is 0 Å². The first-order chi connectivity index (χ1) is 10.2. The van der Waals surface area contributed by atoms with Crippen LogP contribution in [0.15, 0.2) is 18.2 Å². The Morgan fingerprint density at radius 2 is 2.00 bits per heavy atom. The zero-order valence-electron chi connectivity index (χ0n) is 13.2. The van der Waals surface area contributed by atoms with Crippen molar-refractivity contribution in [1.82, 2.24) is 5.32 Å². The van der Waals surface area contributed by atoms with Gasteiger partial charge in [0, 0.05) is 53.7 Å². The van der Waals surface area contributed by atoms with Gasteiger partial charge in [-0.3, -0.25) is 4.21 Å². The molecule has 0 aromatic heterocycles. The van der Waals surface area contributed by atoms with E-state index >= 15 is 0 Å². The second-order valence-electron chi connectivity index (χ2n) is 4.61. The van der Waals surface area contributed by atoms with Crippen LogP contribution in [0.4, 0.5) is 0 Å². The number of rotatable bonds is 10. The van der Waals surface area contributed by atoms with Gasteiger partial charge in [0.25, 0.3) is 0 Å². The summed E-state index contributed by atoms with van der Waals surface area (Å²) >= 11 is 0. The van der Waals surface area contributed by atoms with Gasteiger partial charge in [0.05, 0.1) is 14.2 Å². The smallest absolute Gasteiger partial charge is 0.127 e. The number of hydrogen-bond acceptors (Lipinski definition) is 5. The Kier molecular flexibility index (Phi) is 8.34. The molecular formula is C15H25NO4S. The third kappa shape index (κ3) is 5.65. The first kappa shape index (κ1) is 17.9. The minimum Gasteiger partial charge on any atom is -0.497 e. The maximum Gasteiger partial charge on any atom is 0.127 e. The molecule has 0 aliphatic carbocycles. The van der Waals surface area contributed by atoms with Crippen molar-refractivity contribution in [2.24, 2.45) is 0 Å². The molecule has 0 fully saturated rings. The predicted octanol–water partition coefficient (Wildman–Crippen LogP) is 1.75. The second kappa shape index (κ2) is 9.76. The number of ether oxygens (including phenoxy) is 3. The highest BCUT2D eigenvalue weighted by Gasteiger charge is 2.18. The molecule has 5 nitrogen and oxygen atoms in total. The largest absolute Gasteiger partial charge is 0.497 e. The van der Waals surface area contributed by atoms with Gasteiger partial charge < -0.3 is 19.5 Å². The Bertz CT molecular complexity index is 453. The zero-order chi connectivity index (χ0) is 15.7. The fourth-order valence-corrected chi connectivity index (χ4v) is 3.39. The summed E-state index contributed by atoms with van der Waals surface area (Å²) in [7, 11) is 5.86. The molecule has 6 heteroatoms. The minimum atomic E-state index is -0.899. The van der Waals surface area contributed by atoms with Gasteiger partial charge in [-0.25, -0.2) is 0 Å². The first-order valence-corrected chi connectivity index (χ1v) is 8.38. The van der Waals surface area contributed by atoms with Crippen LogP contribution in [0.25, 0.3) is 0 Å². The molecule has 0 spiro atoms. The molecule has 1 aromatic carbocycles. The molecule has 0 heterocycles. The average molecular weight is 315 g/mol. The highest BCUT2D eigenvalue weighted by atomic mass is 32.2. The molecular weight excluding hydrogens is 290 g/mol. The van der Waals surface area contributed by atoms with E-state index in [1.54, 1.807) is 21.3 Å². The lowest BCUT2D eigenvalue weighted by atomic mass is 10.1. The summed E-state index contributed by atoms with van der Waals surface area (Å²) in [6.45, 7) is 0.641. The molecule has 1 rings (SSSR count). The molecule has 0 amide bonds. The number of nitrogens with one attached hydrogen (secondary N) is 1. The van der Waals surface area contributed by atoms with E-state index in [0.29, 0.717) is 18.1 Å². The number of benzene rings is 1. The molecule has 0 saturated carbocycles. The van der Waals surface area contributed by atoms with E-state index in [4.69, 9.17) is 14.2 Å². The standard InChI is InChI=1S/C15H25NO4S/c1-16-14(11-21(17)9-5-8-18-2)13-7-6-12(19-3)10-15(13)20-4/h6-7,10,14,16H,5,8-9,11H2,1-4H3. The van der Waals surface area contributed by atoms with Crippen LogP contribution in [0.5, 0.6) is 11.5 Å². The van der Waals surface area contributed by atoms with E-state index in [-0.39, 0.29) is 6.04 Å². The van der Waals surface area contributed by atoms with Crippen molar-refractivity contribution in [3.8, 4) is 11.5 Å². The fraction of sp³-hybridized carbons (Fsp3) is 0.600. The summed E-state index contributed by atoms with van der Waals surface area (Å²) in [4.78, 5) is 0. The number of hydrogen-bond donors (Lipinski definition) is 1. The van der Waals surface area contributed by atoms with Crippen LogP contribution in [0.2, 0.25) is 0 Å². The second-order valence-corrected chi connectivity index (χ2v) is 6.23. The van der Waals surface area contributed by atoms with Crippen LogP contribution < -0.4 is 14.8 Å². The molecule has 0 bridgehead atoms. The van der Waals surface area contributed by atoms with Crippen molar-refractivity contribution in [2.75, 3.05) is 46.5 Å². The highest BCUT2D eigenvalue weighted by molar-refractivity contribution is 7.85. The summed E-state index contributed by atoms with van der Waals surface area (Å²) in [6.07, 6.45) is 0.805. The van der Waals surface area contributed by atoms with Crippen LogP contribution in [-0.2, 0) is 15.5 Å². The monoisotopic (exact) mass is 315 g/mol. The van der Waals surface area contributed by atoms with Crippen molar-refractivity contribution in [3.05, 3.63) is 23.8 Å². The maximum absolute atomic E-state index is 12.1. The number of methoxy groups -OCH3 is 3. The van der Waals surface area contributed by atoms with Crippen LogP contribution in [-0.4, -0.2) is 50.7 Å². The van der Waals surface area contributed by atoms with Gasteiger partial charge in [-0.15, -0.1) is 0 Å². The van der Waals surface area contributed by atoms with Crippen LogP contribution in [0, 0.1) is 0 Å². The Morgan fingerprint density at radius 1 is 1.24 bits per heavy atom. The molecule has 0 saturated heterocycles. The summed E-state index contributed by atoms with van der Waals surface area (Å²) < 4.78 is 27.7. The fourth-order valence-electron chi connectivity index (χ4n) is 2.07. The maximum atomic E-state index is 12.1. The van der Waals surface area contributed by atoms with E-state index in [1.165, 1.54) is 0 Å². The first-order valence-electron chi connectivity index (χ1n) is 6.89. The highest BCUT2D eigenvalue weighted by Crippen LogP contribution is 2.29. The molecule has 2 atom stereocenters. The van der Waals surface area contributed by atoms with E-state index < -0.39 is 10.8 Å². The Balaban J connectivity index is 2.77. The van der Waals surface area contributed by atoms with Crippen molar-refractivity contribution < 1.29 is 18.4 Å². The van der Waals surface area contributed by atoms with Gasteiger partial charge in [0.15, 0.2) is 0 Å². The van der Waals surface area contributed by atoms with Gasteiger partial charge in [0.1, 0.15) is 11.5 Å². The van der Waals surface area contributed by atoms with E-state index in [2.05, 4.69) is 5.32 Å². The molecule has 120 valence electrons.